The molecule has 0 aliphatic rings. The lowest BCUT2D eigenvalue weighted by Gasteiger charge is -2.09. The molecule has 0 bridgehead atoms. The molecular formula is C19H14Cl2N4O2. The molecule has 0 unspecified atom stereocenters. The van der Waals surface area contributed by atoms with E-state index >= 15 is 0 Å². The van der Waals surface area contributed by atoms with Crippen molar-refractivity contribution < 1.29 is 9.53 Å². The number of nitrogen functional groups attached to an aromatic ring is 1. The van der Waals surface area contributed by atoms with Crippen LogP contribution in [0.25, 0.3) is 27.9 Å². The van der Waals surface area contributed by atoms with Crippen molar-refractivity contribution >= 4 is 57.2 Å². The van der Waals surface area contributed by atoms with Crippen molar-refractivity contribution in [3.05, 3.63) is 58.1 Å². The fraction of sp³-hybridized carbons (Fsp3) is 0.105. The Morgan fingerprint density at radius 3 is 2.37 bits per heavy atom. The molecule has 2 aromatic heterocycles. The number of carbonyl (C=O) groups excluding carboxylic acids is 1. The fourth-order valence-corrected chi connectivity index (χ4v) is 3.51. The van der Waals surface area contributed by atoms with E-state index in [1.807, 2.05) is 24.3 Å². The zero-order chi connectivity index (χ0) is 19.1. The molecule has 4 aromatic rings. The first kappa shape index (κ1) is 17.6. The van der Waals surface area contributed by atoms with Crippen LogP contribution in [0.3, 0.4) is 0 Å². The predicted octanol–water partition coefficient (Wildman–Crippen LogP) is 4.64. The Morgan fingerprint density at radius 1 is 1.11 bits per heavy atom. The first-order chi connectivity index (χ1) is 13.0. The van der Waals surface area contributed by atoms with Gasteiger partial charge in [0.2, 0.25) is 0 Å². The molecular weight excluding hydrogens is 387 g/mol. The van der Waals surface area contributed by atoms with Crippen LogP contribution in [0.1, 0.15) is 17.3 Å². The number of para-hydroxylation sites is 2. The number of hydrogen-bond acceptors (Lipinski definition) is 5. The summed E-state index contributed by atoms with van der Waals surface area (Å²) in [6.07, 6.45) is 0. The Kier molecular flexibility index (Phi) is 4.37. The monoisotopic (exact) mass is 400 g/mol. The standard InChI is InChI=1S/C19H14Cl2N4O2/c1-2-27-19(26)15-16-18(24-14-6-4-3-5-13(14)23-16)25(17(15)22)12-8-10(20)7-11(21)9-12/h3-9H,2,22H2,1H3. The number of halogens is 2. The topological polar surface area (TPSA) is 83.0 Å². The lowest BCUT2D eigenvalue weighted by Crippen LogP contribution is -2.09. The van der Waals surface area contributed by atoms with Gasteiger partial charge in [0.15, 0.2) is 5.65 Å². The second kappa shape index (κ2) is 6.72. The zero-order valence-electron chi connectivity index (χ0n) is 14.2. The SMILES string of the molecule is CCOC(=O)c1c(N)n(-c2cc(Cl)cc(Cl)c2)c2nc3ccccc3nc12. The van der Waals surface area contributed by atoms with Crippen molar-refractivity contribution in [2.75, 3.05) is 12.3 Å². The molecule has 0 aliphatic heterocycles. The van der Waals surface area contributed by atoms with E-state index in [1.165, 1.54) is 0 Å². The number of nitrogens with two attached hydrogens (primary N) is 1. The molecule has 6 nitrogen and oxygen atoms in total. The molecule has 2 aromatic carbocycles. The number of benzene rings is 2. The number of aromatic nitrogens is 3. The second-order valence-electron chi connectivity index (χ2n) is 5.83. The summed E-state index contributed by atoms with van der Waals surface area (Å²) < 4.78 is 6.78. The van der Waals surface area contributed by atoms with Crippen LogP contribution >= 0.6 is 23.2 Å². The Bertz CT molecular complexity index is 1180. The van der Waals surface area contributed by atoms with Crippen molar-refractivity contribution in [1.82, 2.24) is 14.5 Å². The minimum Gasteiger partial charge on any atom is -0.462 e. The molecule has 0 atom stereocenters. The van der Waals surface area contributed by atoms with Crippen molar-refractivity contribution in [1.29, 1.82) is 0 Å². The summed E-state index contributed by atoms with van der Waals surface area (Å²) in [5, 5.41) is 0.871. The third kappa shape index (κ3) is 2.97. The van der Waals surface area contributed by atoms with Gasteiger partial charge in [0.1, 0.15) is 16.9 Å². The number of carbonyl (C=O) groups is 1. The van der Waals surface area contributed by atoms with E-state index in [9.17, 15) is 4.79 Å². The highest BCUT2D eigenvalue weighted by Crippen LogP contribution is 2.33. The lowest BCUT2D eigenvalue weighted by molar-refractivity contribution is 0.0529. The molecule has 2 N–H and O–H groups in total. The van der Waals surface area contributed by atoms with E-state index in [2.05, 4.69) is 9.97 Å². The molecule has 0 spiro atoms. The van der Waals surface area contributed by atoms with Gasteiger partial charge in [0.25, 0.3) is 0 Å². The molecule has 2 heterocycles. The van der Waals surface area contributed by atoms with Crippen LogP contribution in [0, 0.1) is 0 Å². The van der Waals surface area contributed by atoms with Crippen LogP contribution in [0.5, 0.6) is 0 Å². The number of ether oxygens (including phenoxy) is 1. The number of fused-ring (bicyclic) bond motifs is 2. The molecule has 8 heteroatoms. The van der Waals surface area contributed by atoms with Gasteiger partial charge in [-0.3, -0.25) is 4.57 Å². The van der Waals surface area contributed by atoms with Crippen LogP contribution in [0.2, 0.25) is 10.0 Å². The number of hydrogen-bond donors (Lipinski definition) is 1. The quantitative estimate of drug-likeness (QED) is 0.506. The number of anilines is 1. The van der Waals surface area contributed by atoms with Crippen molar-refractivity contribution in [3.63, 3.8) is 0 Å². The molecule has 0 amide bonds. The number of nitrogens with zero attached hydrogens (tertiary/aromatic N) is 3. The second-order valence-corrected chi connectivity index (χ2v) is 6.70. The summed E-state index contributed by atoms with van der Waals surface area (Å²) in [6.45, 7) is 1.94. The highest BCUT2D eigenvalue weighted by atomic mass is 35.5. The summed E-state index contributed by atoms with van der Waals surface area (Å²) in [5.41, 5.74) is 9.19. The summed E-state index contributed by atoms with van der Waals surface area (Å²) in [4.78, 5) is 21.8. The maximum absolute atomic E-state index is 12.6. The molecule has 0 radical (unpaired) electrons. The van der Waals surface area contributed by atoms with Crippen LogP contribution in [0.4, 0.5) is 5.82 Å². The molecule has 0 aliphatic carbocycles. The zero-order valence-corrected chi connectivity index (χ0v) is 15.8. The Hall–Kier alpha value is -2.83. The van der Waals surface area contributed by atoms with Crippen molar-refractivity contribution in [3.8, 4) is 5.69 Å². The first-order valence-corrected chi connectivity index (χ1v) is 8.95. The van der Waals surface area contributed by atoms with Gasteiger partial charge in [-0.05, 0) is 37.3 Å². The Balaban J connectivity index is 2.12. The summed E-state index contributed by atoms with van der Waals surface area (Å²) in [5.74, 6) is -0.395. The summed E-state index contributed by atoms with van der Waals surface area (Å²) in [7, 11) is 0. The summed E-state index contributed by atoms with van der Waals surface area (Å²) >= 11 is 12.3. The van der Waals surface area contributed by atoms with E-state index < -0.39 is 5.97 Å². The van der Waals surface area contributed by atoms with Gasteiger partial charge in [-0.2, -0.15) is 0 Å². The van der Waals surface area contributed by atoms with Crippen LogP contribution in [-0.4, -0.2) is 27.1 Å². The van der Waals surface area contributed by atoms with Gasteiger partial charge in [-0.15, -0.1) is 0 Å². The highest BCUT2D eigenvalue weighted by Gasteiger charge is 2.26. The minimum atomic E-state index is -0.559. The van der Waals surface area contributed by atoms with Crippen LogP contribution < -0.4 is 5.73 Å². The van der Waals surface area contributed by atoms with E-state index in [0.717, 1.165) is 0 Å². The Labute approximate surface area is 164 Å². The number of esters is 1. The van der Waals surface area contributed by atoms with Crippen molar-refractivity contribution in [2.45, 2.75) is 6.92 Å². The lowest BCUT2D eigenvalue weighted by atomic mass is 10.2. The van der Waals surface area contributed by atoms with Gasteiger partial charge < -0.3 is 10.5 Å². The molecule has 0 fully saturated rings. The normalized spacial score (nSPS) is 11.2. The molecule has 27 heavy (non-hydrogen) atoms. The largest absolute Gasteiger partial charge is 0.462 e. The smallest absolute Gasteiger partial charge is 0.344 e. The van der Waals surface area contributed by atoms with E-state index in [-0.39, 0.29) is 18.0 Å². The van der Waals surface area contributed by atoms with E-state index in [4.69, 9.17) is 33.7 Å². The van der Waals surface area contributed by atoms with Gasteiger partial charge in [0, 0.05) is 10.0 Å². The summed E-state index contributed by atoms with van der Waals surface area (Å²) in [6, 6.07) is 12.4. The van der Waals surface area contributed by atoms with E-state index in [0.29, 0.717) is 37.9 Å². The molecule has 0 saturated heterocycles. The van der Waals surface area contributed by atoms with E-state index in [1.54, 1.807) is 29.7 Å². The van der Waals surface area contributed by atoms with Gasteiger partial charge in [0.05, 0.1) is 23.3 Å². The number of rotatable bonds is 3. The Morgan fingerprint density at radius 2 is 1.74 bits per heavy atom. The molecule has 4 rings (SSSR count). The minimum absolute atomic E-state index is 0.164. The predicted molar refractivity (Wildman–Crippen MR) is 107 cm³/mol. The third-order valence-corrected chi connectivity index (χ3v) is 4.52. The maximum Gasteiger partial charge on any atom is 0.344 e. The average Bonchev–Trinajstić information content (AvgIpc) is 2.90. The maximum atomic E-state index is 12.6. The third-order valence-electron chi connectivity index (χ3n) is 4.08. The first-order valence-electron chi connectivity index (χ1n) is 8.20. The molecule has 136 valence electrons. The van der Waals surface area contributed by atoms with Gasteiger partial charge >= 0.3 is 5.97 Å². The average molecular weight is 401 g/mol. The van der Waals surface area contributed by atoms with Crippen LogP contribution in [0.15, 0.2) is 42.5 Å². The van der Waals surface area contributed by atoms with Gasteiger partial charge in [-0.1, -0.05) is 35.3 Å². The highest BCUT2D eigenvalue weighted by molar-refractivity contribution is 6.35. The fourth-order valence-electron chi connectivity index (χ4n) is 3.00. The van der Waals surface area contributed by atoms with Crippen LogP contribution in [-0.2, 0) is 4.74 Å². The molecule has 0 saturated carbocycles. The van der Waals surface area contributed by atoms with Crippen molar-refractivity contribution in [2.24, 2.45) is 0 Å². The van der Waals surface area contributed by atoms with Gasteiger partial charge in [-0.25, -0.2) is 14.8 Å².